The minimum atomic E-state index is -0.00296. The number of rotatable bonds is 6. The number of carbonyl (C=O) groups excluding carboxylic acids is 1. The molecule has 0 aliphatic carbocycles. The zero-order valence-electron chi connectivity index (χ0n) is 12.2. The molecule has 1 unspecified atom stereocenters. The van der Waals surface area contributed by atoms with Crippen LogP contribution in [0.2, 0.25) is 0 Å². The van der Waals surface area contributed by atoms with E-state index in [1.54, 1.807) is 18.0 Å². The molecular formula is C15H20N4OS. The number of imidazole rings is 1. The van der Waals surface area contributed by atoms with Crippen LogP contribution in [0, 0.1) is 0 Å². The van der Waals surface area contributed by atoms with Crippen molar-refractivity contribution >= 4 is 23.4 Å². The molecule has 2 rings (SSSR count). The maximum absolute atomic E-state index is 11.7. The van der Waals surface area contributed by atoms with Crippen LogP contribution in [0.1, 0.15) is 19.8 Å². The van der Waals surface area contributed by atoms with Gasteiger partial charge in [-0.2, -0.15) is 0 Å². The highest BCUT2D eigenvalue weighted by Crippen LogP contribution is 2.26. The Bertz CT molecular complexity index is 592. The monoisotopic (exact) mass is 304 g/mol. The number of hydrogen-bond acceptors (Lipinski definition) is 4. The molecule has 0 aliphatic heterocycles. The Balaban J connectivity index is 1.90. The van der Waals surface area contributed by atoms with Gasteiger partial charge >= 0.3 is 0 Å². The molecule has 1 amide bonds. The first-order valence-electron chi connectivity index (χ1n) is 6.85. The molecule has 21 heavy (non-hydrogen) atoms. The Hall–Kier alpha value is -1.79. The molecule has 3 N–H and O–H groups in total. The minimum absolute atomic E-state index is 0.00296. The van der Waals surface area contributed by atoms with Crippen LogP contribution < -0.4 is 11.1 Å². The second-order valence-electron chi connectivity index (χ2n) is 5.01. The molecule has 5 nitrogen and oxygen atoms in total. The fraction of sp³-hybridized carbons (Fsp3) is 0.333. The van der Waals surface area contributed by atoms with Crippen LogP contribution >= 0.6 is 11.8 Å². The van der Waals surface area contributed by atoms with Crippen molar-refractivity contribution in [3.63, 3.8) is 0 Å². The molecule has 0 fully saturated rings. The predicted octanol–water partition coefficient (Wildman–Crippen LogP) is 2.64. The van der Waals surface area contributed by atoms with E-state index in [0.29, 0.717) is 12.8 Å². The summed E-state index contributed by atoms with van der Waals surface area (Å²) in [6.45, 7) is 1.90. The molecule has 0 aliphatic rings. The number of aromatic nitrogens is 2. The highest BCUT2D eigenvalue weighted by molar-refractivity contribution is 7.99. The second-order valence-corrected chi connectivity index (χ2v) is 6.05. The van der Waals surface area contributed by atoms with Crippen molar-refractivity contribution in [1.29, 1.82) is 0 Å². The first-order valence-corrected chi connectivity index (χ1v) is 7.67. The maximum Gasteiger partial charge on any atom is 0.224 e. The summed E-state index contributed by atoms with van der Waals surface area (Å²) in [7, 11) is 1.96. The SMILES string of the molecule is CC(N)CCC(=O)Nc1ccc(Sc2nccn2C)cc1. The third-order valence-electron chi connectivity index (χ3n) is 2.95. The summed E-state index contributed by atoms with van der Waals surface area (Å²) in [6, 6.07) is 7.79. The number of carbonyl (C=O) groups is 1. The number of nitrogens with zero attached hydrogens (tertiary/aromatic N) is 2. The van der Waals surface area contributed by atoms with E-state index in [4.69, 9.17) is 5.73 Å². The van der Waals surface area contributed by atoms with Crippen molar-refractivity contribution in [3.8, 4) is 0 Å². The van der Waals surface area contributed by atoms with Crippen molar-refractivity contribution in [3.05, 3.63) is 36.7 Å². The van der Waals surface area contributed by atoms with Crippen LogP contribution in [-0.4, -0.2) is 21.5 Å². The number of benzene rings is 1. The van der Waals surface area contributed by atoms with Crippen LogP contribution in [0.4, 0.5) is 5.69 Å². The van der Waals surface area contributed by atoms with E-state index in [1.165, 1.54) is 0 Å². The highest BCUT2D eigenvalue weighted by atomic mass is 32.2. The quantitative estimate of drug-likeness (QED) is 0.860. The van der Waals surface area contributed by atoms with Crippen LogP contribution in [0.15, 0.2) is 46.7 Å². The molecule has 0 saturated carbocycles. The largest absolute Gasteiger partial charge is 0.329 e. The Morgan fingerprint density at radius 1 is 1.43 bits per heavy atom. The zero-order valence-corrected chi connectivity index (χ0v) is 13.1. The summed E-state index contributed by atoms with van der Waals surface area (Å²) in [6.07, 6.45) is 4.82. The first kappa shape index (κ1) is 15.6. The lowest BCUT2D eigenvalue weighted by Crippen LogP contribution is -2.19. The summed E-state index contributed by atoms with van der Waals surface area (Å²) < 4.78 is 1.97. The number of anilines is 1. The summed E-state index contributed by atoms with van der Waals surface area (Å²) in [5.41, 5.74) is 6.44. The molecule has 0 bridgehead atoms. The van der Waals surface area contributed by atoms with Crippen molar-refractivity contribution < 1.29 is 4.79 Å². The molecule has 1 aromatic carbocycles. The molecule has 1 atom stereocenters. The third kappa shape index (κ3) is 4.91. The van der Waals surface area contributed by atoms with Crippen molar-refractivity contribution in [1.82, 2.24) is 9.55 Å². The van der Waals surface area contributed by atoms with Gasteiger partial charge in [-0.15, -0.1) is 0 Å². The van der Waals surface area contributed by atoms with Gasteiger partial charge in [0.15, 0.2) is 5.16 Å². The third-order valence-corrected chi connectivity index (χ3v) is 4.03. The van der Waals surface area contributed by atoms with E-state index in [0.717, 1.165) is 15.7 Å². The summed E-state index contributed by atoms with van der Waals surface area (Å²) >= 11 is 1.59. The Kier molecular flexibility index (Phi) is 5.41. The Labute approximate surface area is 128 Å². The normalized spacial score (nSPS) is 12.1. The van der Waals surface area contributed by atoms with Crippen LogP contribution in [-0.2, 0) is 11.8 Å². The molecule has 6 heteroatoms. The van der Waals surface area contributed by atoms with Gasteiger partial charge in [0, 0.05) is 42.5 Å². The van der Waals surface area contributed by atoms with E-state index in [9.17, 15) is 4.79 Å². The standard InChI is InChI=1S/C15H20N4OS/c1-11(16)3-8-14(20)18-12-4-6-13(7-5-12)21-15-17-9-10-19(15)2/h4-7,9-11H,3,8,16H2,1-2H3,(H,18,20). The first-order chi connectivity index (χ1) is 10.0. The van der Waals surface area contributed by atoms with Gasteiger partial charge in [0.05, 0.1) is 0 Å². The molecule has 0 radical (unpaired) electrons. The van der Waals surface area contributed by atoms with E-state index >= 15 is 0 Å². The van der Waals surface area contributed by atoms with Crippen LogP contribution in [0.25, 0.3) is 0 Å². The van der Waals surface area contributed by atoms with Crippen LogP contribution in [0.5, 0.6) is 0 Å². The lowest BCUT2D eigenvalue weighted by molar-refractivity contribution is -0.116. The summed E-state index contributed by atoms with van der Waals surface area (Å²) in [4.78, 5) is 17.1. The van der Waals surface area contributed by atoms with E-state index in [1.807, 2.05) is 49.0 Å². The molecule has 0 spiro atoms. The van der Waals surface area contributed by atoms with Gasteiger partial charge in [-0.05, 0) is 37.6 Å². The zero-order chi connectivity index (χ0) is 15.2. The second kappa shape index (κ2) is 7.28. The maximum atomic E-state index is 11.7. The lowest BCUT2D eigenvalue weighted by atomic mass is 10.2. The topological polar surface area (TPSA) is 72.9 Å². The smallest absolute Gasteiger partial charge is 0.224 e. The Morgan fingerprint density at radius 3 is 2.71 bits per heavy atom. The lowest BCUT2D eigenvalue weighted by Gasteiger charge is -2.08. The van der Waals surface area contributed by atoms with E-state index in [2.05, 4.69) is 10.3 Å². The number of aryl methyl sites for hydroxylation is 1. The van der Waals surface area contributed by atoms with Crippen LogP contribution in [0.3, 0.4) is 0 Å². The molecule has 2 aromatic rings. The van der Waals surface area contributed by atoms with Crippen molar-refractivity contribution in [2.75, 3.05) is 5.32 Å². The number of hydrogen-bond donors (Lipinski definition) is 2. The van der Waals surface area contributed by atoms with Gasteiger partial charge in [0.2, 0.25) is 5.91 Å². The molecule has 112 valence electrons. The minimum Gasteiger partial charge on any atom is -0.329 e. The van der Waals surface area contributed by atoms with Gasteiger partial charge in [0.25, 0.3) is 0 Å². The highest BCUT2D eigenvalue weighted by Gasteiger charge is 2.05. The molecule has 1 heterocycles. The van der Waals surface area contributed by atoms with Gasteiger partial charge in [-0.3, -0.25) is 4.79 Å². The van der Waals surface area contributed by atoms with E-state index < -0.39 is 0 Å². The average molecular weight is 304 g/mol. The molecule has 1 aromatic heterocycles. The summed E-state index contributed by atoms with van der Waals surface area (Å²) in [5.74, 6) is -0.00296. The molecular weight excluding hydrogens is 284 g/mol. The van der Waals surface area contributed by atoms with Gasteiger partial charge in [0.1, 0.15) is 0 Å². The fourth-order valence-electron chi connectivity index (χ4n) is 1.74. The number of nitrogens with one attached hydrogen (secondary N) is 1. The van der Waals surface area contributed by atoms with Gasteiger partial charge in [-0.1, -0.05) is 11.8 Å². The fourth-order valence-corrected chi connectivity index (χ4v) is 2.55. The van der Waals surface area contributed by atoms with Gasteiger partial charge < -0.3 is 15.6 Å². The number of nitrogens with two attached hydrogens (primary N) is 1. The number of amides is 1. The van der Waals surface area contributed by atoms with E-state index in [-0.39, 0.29) is 11.9 Å². The predicted molar refractivity (Wildman–Crippen MR) is 85.3 cm³/mol. The average Bonchev–Trinajstić information content (AvgIpc) is 2.84. The van der Waals surface area contributed by atoms with Crippen molar-refractivity contribution in [2.24, 2.45) is 12.8 Å². The Morgan fingerprint density at radius 2 is 2.14 bits per heavy atom. The summed E-state index contributed by atoms with van der Waals surface area (Å²) in [5, 5.41) is 3.80. The van der Waals surface area contributed by atoms with Gasteiger partial charge in [-0.25, -0.2) is 4.98 Å². The molecule has 0 saturated heterocycles. The van der Waals surface area contributed by atoms with Crippen molar-refractivity contribution in [2.45, 2.75) is 35.9 Å².